The van der Waals surface area contributed by atoms with Crippen LogP contribution in [0.2, 0.25) is 0 Å². The molecule has 3 amide bonds. The van der Waals surface area contributed by atoms with Crippen LogP contribution in [-0.4, -0.2) is 105 Å². The van der Waals surface area contributed by atoms with Gasteiger partial charge in [0.15, 0.2) is 5.54 Å². The minimum Gasteiger partial charge on any atom is -0.497 e. The zero-order chi connectivity index (χ0) is 35.6. The summed E-state index contributed by atoms with van der Waals surface area (Å²) in [4.78, 5) is 40.2. The number of rotatable bonds is 9. The van der Waals surface area contributed by atoms with Crippen molar-refractivity contribution < 1.29 is 27.5 Å². The number of hydrogen-bond acceptors (Lipinski definition) is 10. The summed E-state index contributed by atoms with van der Waals surface area (Å²) in [5, 5.41) is 12.9. The molecule has 264 valence electrons. The molecule has 2 fully saturated rings. The molecule has 0 saturated carbocycles. The van der Waals surface area contributed by atoms with E-state index < -0.39 is 27.5 Å². The molecule has 50 heavy (non-hydrogen) atoms. The number of methoxy groups -OCH3 is 1. The molecule has 3 aromatic rings. The Morgan fingerprint density at radius 2 is 1.74 bits per heavy atom. The number of sulfonamides is 1. The normalized spacial score (nSPS) is 20.4. The predicted molar refractivity (Wildman–Crippen MR) is 186 cm³/mol. The van der Waals surface area contributed by atoms with Gasteiger partial charge < -0.3 is 24.6 Å². The number of nitriles is 1. The molecule has 3 aliphatic heterocycles. The molecule has 2 aromatic carbocycles. The second-order valence-corrected chi connectivity index (χ2v) is 14.7. The summed E-state index contributed by atoms with van der Waals surface area (Å²) < 4.78 is 40.5. The van der Waals surface area contributed by atoms with Crippen LogP contribution in [0.25, 0.3) is 0 Å². The fourth-order valence-electron chi connectivity index (χ4n) is 7.23. The molecule has 1 atom stereocenters. The van der Waals surface area contributed by atoms with E-state index in [1.54, 1.807) is 24.0 Å². The molecule has 0 spiro atoms. The van der Waals surface area contributed by atoms with Crippen molar-refractivity contribution in [2.24, 2.45) is 0 Å². The fraction of sp³-hybridized carbons (Fsp3) is 0.444. The SMILES string of the molecule is CCOc1ncccc1C1(NC(=O)N2CCN(C3CCN(C(C)C)CC3)CC2)C(=O)N(S(=O)(=O)c2ccc(OC)cc2)c2ccc(C#N)cc21. The summed E-state index contributed by atoms with van der Waals surface area (Å²) in [6.07, 6.45) is 3.63. The molecule has 6 rings (SSSR count). The fourth-order valence-corrected chi connectivity index (χ4v) is 8.69. The number of urea groups is 1. The van der Waals surface area contributed by atoms with Crippen molar-refractivity contribution in [3.63, 3.8) is 0 Å². The van der Waals surface area contributed by atoms with Gasteiger partial charge in [0.05, 0.1) is 41.5 Å². The Labute approximate surface area is 293 Å². The van der Waals surface area contributed by atoms with Gasteiger partial charge in [-0.25, -0.2) is 18.2 Å². The molecule has 1 unspecified atom stereocenters. The highest BCUT2D eigenvalue weighted by atomic mass is 32.2. The molecular formula is C36H43N7O6S. The van der Waals surface area contributed by atoms with E-state index in [0.29, 0.717) is 48.3 Å². The maximum atomic E-state index is 15.0. The number of fused-ring (bicyclic) bond motifs is 1. The van der Waals surface area contributed by atoms with E-state index in [2.05, 4.69) is 40.0 Å². The second-order valence-electron chi connectivity index (χ2n) is 12.9. The summed E-state index contributed by atoms with van der Waals surface area (Å²) in [6.45, 7) is 10.7. The number of amides is 3. The molecule has 2 saturated heterocycles. The second kappa shape index (κ2) is 14.3. The lowest BCUT2D eigenvalue weighted by atomic mass is 9.83. The Bertz CT molecular complexity index is 1880. The first-order chi connectivity index (χ1) is 24.0. The number of nitrogens with one attached hydrogen (secondary N) is 1. The Morgan fingerprint density at radius 1 is 1.04 bits per heavy atom. The van der Waals surface area contributed by atoms with Gasteiger partial charge in [-0.3, -0.25) is 9.69 Å². The number of ether oxygens (including phenoxy) is 2. The van der Waals surface area contributed by atoms with Crippen molar-refractivity contribution in [3.8, 4) is 17.7 Å². The van der Waals surface area contributed by atoms with Gasteiger partial charge in [-0.05, 0) is 101 Å². The summed E-state index contributed by atoms with van der Waals surface area (Å²) in [6, 6.07) is 15.7. The molecule has 13 nitrogen and oxygen atoms in total. The molecule has 0 aliphatic carbocycles. The van der Waals surface area contributed by atoms with Gasteiger partial charge in [0.25, 0.3) is 15.9 Å². The third kappa shape index (κ3) is 6.25. The highest BCUT2D eigenvalue weighted by Gasteiger charge is 2.59. The lowest BCUT2D eigenvalue weighted by Gasteiger charge is -2.44. The van der Waals surface area contributed by atoms with Crippen molar-refractivity contribution in [1.82, 2.24) is 25.0 Å². The van der Waals surface area contributed by atoms with Crippen molar-refractivity contribution in [1.29, 1.82) is 5.26 Å². The van der Waals surface area contributed by atoms with Crippen LogP contribution in [0, 0.1) is 11.3 Å². The number of anilines is 1. The Balaban J connectivity index is 1.38. The van der Waals surface area contributed by atoms with E-state index in [1.165, 1.54) is 55.8 Å². The number of nitrogens with zero attached hydrogens (tertiary/aromatic N) is 6. The van der Waals surface area contributed by atoms with Crippen LogP contribution in [-0.2, 0) is 20.4 Å². The average molecular weight is 702 g/mol. The van der Waals surface area contributed by atoms with Gasteiger partial charge in [-0.1, -0.05) is 0 Å². The molecule has 1 aromatic heterocycles. The zero-order valence-electron chi connectivity index (χ0n) is 28.8. The lowest BCUT2D eigenvalue weighted by molar-refractivity contribution is -0.121. The molecule has 3 aliphatic rings. The van der Waals surface area contributed by atoms with E-state index in [9.17, 15) is 18.5 Å². The van der Waals surface area contributed by atoms with E-state index in [1.807, 2.05) is 0 Å². The number of benzene rings is 2. The standard InChI is InChI=1S/C36H43N7O6S/c1-5-49-33-30(7-6-16-38-33)36(39-35(45)42-21-19-41(20-22-42)27-14-17-40(18-15-27)25(2)3)31-23-26(24-37)8-13-32(31)43(34(36)44)50(46,47)29-11-9-28(48-4)10-12-29/h6-13,16,23,25,27H,5,14-15,17-22H2,1-4H3,(H,39,45). The maximum Gasteiger partial charge on any atom is 0.318 e. The smallest absolute Gasteiger partial charge is 0.318 e. The first-order valence-corrected chi connectivity index (χ1v) is 18.4. The van der Waals surface area contributed by atoms with Gasteiger partial charge >= 0.3 is 6.03 Å². The van der Waals surface area contributed by atoms with E-state index in [0.717, 1.165) is 25.9 Å². The third-order valence-electron chi connectivity index (χ3n) is 9.95. The van der Waals surface area contributed by atoms with Gasteiger partial charge in [0.2, 0.25) is 5.88 Å². The maximum absolute atomic E-state index is 15.0. The van der Waals surface area contributed by atoms with Gasteiger partial charge in [-0.2, -0.15) is 9.57 Å². The Kier molecular flexibility index (Phi) is 10.0. The van der Waals surface area contributed by atoms with E-state index >= 15 is 4.79 Å². The van der Waals surface area contributed by atoms with Crippen molar-refractivity contribution >= 4 is 27.6 Å². The quantitative estimate of drug-likeness (QED) is 0.351. The number of likely N-dealkylation sites (tertiary alicyclic amines) is 1. The first kappa shape index (κ1) is 35.1. The molecule has 0 bridgehead atoms. The molecular weight excluding hydrogens is 659 g/mol. The molecule has 1 N–H and O–H groups in total. The van der Waals surface area contributed by atoms with Crippen LogP contribution in [0.15, 0.2) is 65.7 Å². The van der Waals surface area contributed by atoms with Crippen LogP contribution in [0.5, 0.6) is 11.6 Å². The lowest BCUT2D eigenvalue weighted by Crippen LogP contribution is -2.61. The predicted octanol–water partition coefficient (Wildman–Crippen LogP) is 3.54. The highest BCUT2D eigenvalue weighted by Crippen LogP contribution is 2.49. The minimum atomic E-state index is -4.53. The summed E-state index contributed by atoms with van der Waals surface area (Å²) >= 11 is 0. The number of aromatic nitrogens is 1. The van der Waals surface area contributed by atoms with Crippen molar-refractivity contribution in [3.05, 3.63) is 77.5 Å². The van der Waals surface area contributed by atoms with Crippen LogP contribution in [0.4, 0.5) is 10.5 Å². The van der Waals surface area contributed by atoms with Crippen LogP contribution in [0.3, 0.4) is 0 Å². The van der Waals surface area contributed by atoms with E-state index in [-0.39, 0.29) is 39.8 Å². The Morgan fingerprint density at radius 3 is 2.36 bits per heavy atom. The summed E-state index contributed by atoms with van der Waals surface area (Å²) in [5.74, 6) is -0.454. The summed E-state index contributed by atoms with van der Waals surface area (Å²) in [5.41, 5.74) is -1.64. The van der Waals surface area contributed by atoms with Crippen LogP contribution < -0.4 is 19.1 Å². The number of pyridine rings is 1. The van der Waals surface area contributed by atoms with Crippen molar-refractivity contribution in [2.75, 3.05) is 57.3 Å². The third-order valence-corrected chi connectivity index (χ3v) is 11.7. The first-order valence-electron chi connectivity index (χ1n) is 17.0. The largest absolute Gasteiger partial charge is 0.497 e. The monoisotopic (exact) mass is 701 g/mol. The Hall–Kier alpha value is -4.71. The number of carbonyl (C=O) groups is 2. The number of piperidine rings is 1. The van der Waals surface area contributed by atoms with Gasteiger partial charge in [0, 0.05) is 50.0 Å². The molecule has 14 heteroatoms. The topological polar surface area (TPSA) is 148 Å². The average Bonchev–Trinajstić information content (AvgIpc) is 3.39. The van der Waals surface area contributed by atoms with Crippen LogP contribution >= 0.6 is 0 Å². The van der Waals surface area contributed by atoms with Gasteiger partial charge in [0.1, 0.15) is 5.75 Å². The minimum absolute atomic E-state index is 0.00831. The van der Waals surface area contributed by atoms with Crippen LogP contribution in [0.1, 0.15) is 50.3 Å². The molecule has 4 heterocycles. The summed E-state index contributed by atoms with van der Waals surface area (Å²) in [7, 11) is -3.06. The molecule has 0 radical (unpaired) electrons. The van der Waals surface area contributed by atoms with Crippen molar-refractivity contribution in [2.45, 2.75) is 56.1 Å². The van der Waals surface area contributed by atoms with E-state index in [4.69, 9.17) is 9.47 Å². The zero-order valence-corrected chi connectivity index (χ0v) is 29.6. The number of hydrogen-bond donors (Lipinski definition) is 1. The number of carbonyl (C=O) groups excluding carboxylic acids is 2. The van der Waals surface area contributed by atoms with Gasteiger partial charge in [-0.15, -0.1) is 0 Å². The number of piperazine rings is 1. The highest BCUT2D eigenvalue weighted by molar-refractivity contribution is 7.93.